The summed E-state index contributed by atoms with van der Waals surface area (Å²) in [5.41, 5.74) is 1.04. The molecular formula is C23H30O5. The maximum atomic E-state index is 12.4. The zero-order chi connectivity index (χ0) is 20.4. The summed E-state index contributed by atoms with van der Waals surface area (Å²) in [4.78, 5) is 22.9. The molecule has 2 rings (SSSR count). The topological polar surface area (TPSA) is 94.8 Å². The van der Waals surface area contributed by atoms with Crippen LogP contribution in [0.3, 0.4) is 0 Å². The van der Waals surface area contributed by atoms with E-state index in [0.29, 0.717) is 32.1 Å². The third-order valence-corrected chi connectivity index (χ3v) is 5.10. The molecule has 0 heterocycles. The molecule has 28 heavy (non-hydrogen) atoms. The lowest BCUT2D eigenvalue weighted by molar-refractivity contribution is -0.137. The van der Waals surface area contributed by atoms with Crippen molar-refractivity contribution in [1.29, 1.82) is 0 Å². The monoisotopic (exact) mass is 386 g/mol. The fourth-order valence-electron chi connectivity index (χ4n) is 3.63. The van der Waals surface area contributed by atoms with E-state index in [1.807, 2.05) is 48.6 Å². The summed E-state index contributed by atoms with van der Waals surface area (Å²) < 4.78 is 0. The van der Waals surface area contributed by atoms with Crippen molar-refractivity contribution in [2.24, 2.45) is 11.8 Å². The number of hydrogen-bond acceptors (Lipinski definition) is 4. The van der Waals surface area contributed by atoms with Crippen molar-refractivity contribution in [3.05, 3.63) is 60.2 Å². The van der Waals surface area contributed by atoms with E-state index in [0.717, 1.165) is 5.56 Å². The van der Waals surface area contributed by atoms with Crippen LogP contribution >= 0.6 is 0 Å². The zero-order valence-electron chi connectivity index (χ0n) is 16.1. The smallest absolute Gasteiger partial charge is 0.303 e. The van der Waals surface area contributed by atoms with Gasteiger partial charge in [0.05, 0.1) is 12.2 Å². The average Bonchev–Trinajstić information content (AvgIpc) is 2.64. The summed E-state index contributed by atoms with van der Waals surface area (Å²) in [6, 6.07) is 9.72. The third kappa shape index (κ3) is 7.79. The van der Waals surface area contributed by atoms with E-state index in [-0.39, 0.29) is 30.5 Å². The Hall–Kier alpha value is -2.24. The van der Waals surface area contributed by atoms with Gasteiger partial charge in [0, 0.05) is 25.2 Å². The number of benzene rings is 1. The van der Waals surface area contributed by atoms with Gasteiger partial charge in [-0.15, -0.1) is 0 Å². The number of carbonyl (C=O) groups excluding carboxylic acids is 1. The fraction of sp³-hybridized carbons (Fsp3) is 0.478. The number of carboxylic acids is 1. The number of aliphatic carboxylic acids is 1. The summed E-state index contributed by atoms with van der Waals surface area (Å²) in [5.74, 6) is -1.07. The van der Waals surface area contributed by atoms with Crippen molar-refractivity contribution in [1.82, 2.24) is 0 Å². The molecule has 0 aliphatic heterocycles. The van der Waals surface area contributed by atoms with Gasteiger partial charge in [-0.25, -0.2) is 0 Å². The highest BCUT2D eigenvalue weighted by atomic mass is 16.4. The Morgan fingerprint density at radius 2 is 1.96 bits per heavy atom. The van der Waals surface area contributed by atoms with Crippen molar-refractivity contribution >= 4 is 11.8 Å². The zero-order valence-corrected chi connectivity index (χ0v) is 16.1. The van der Waals surface area contributed by atoms with E-state index in [4.69, 9.17) is 5.11 Å². The number of aliphatic hydroxyl groups excluding tert-OH is 2. The van der Waals surface area contributed by atoms with Gasteiger partial charge in [-0.1, -0.05) is 54.6 Å². The van der Waals surface area contributed by atoms with Crippen LogP contribution in [0.1, 0.15) is 44.1 Å². The number of hydrogen-bond donors (Lipinski definition) is 3. The lowest BCUT2D eigenvalue weighted by Gasteiger charge is -2.30. The van der Waals surface area contributed by atoms with Gasteiger partial charge in [0.1, 0.15) is 5.78 Å². The molecular weight excluding hydrogens is 356 g/mol. The van der Waals surface area contributed by atoms with Gasteiger partial charge in [0.15, 0.2) is 0 Å². The van der Waals surface area contributed by atoms with E-state index in [2.05, 4.69) is 0 Å². The first-order chi connectivity index (χ1) is 13.5. The van der Waals surface area contributed by atoms with E-state index in [1.165, 1.54) is 0 Å². The number of ketones is 1. The van der Waals surface area contributed by atoms with Gasteiger partial charge in [-0.05, 0) is 37.2 Å². The van der Waals surface area contributed by atoms with Crippen LogP contribution in [-0.2, 0) is 16.0 Å². The Morgan fingerprint density at radius 3 is 2.68 bits per heavy atom. The number of Topliss-reactive ketones (excluding diaryl/α,β-unsaturated/α-hetero) is 1. The molecule has 1 fully saturated rings. The van der Waals surface area contributed by atoms with Crippen molar-refractivity contribution in [2.45, 2.75) is 57.2 Å². The highest BCUT2D eigenvalue weighted by molar-refractivity contribution is 5.83. The molecule has 152 valence electrons. The van der Waals surface area contributed by atoms with Crippen LogP contribution in [0.15, 0.2) is 54.6 Å². The molecule has 1 unspecified atom stereocenters. The van der Waals surface area contributed by atoms with E-state index < -0.39 is 18.2 Å². The molecule has 1 aliphatic rings. The molecule has 5 heteroatoms. The Labute approximate surface area is 166 Å². The molecule has 4 atom stereocenters. The van der Waals surface area contributed by atoms with Gasteiger partial charge in [-0.2, -0.15) is 0 Å². The summed E-state index contributed by atoms with van der Waals surface area (Å²) in [5, 5.41) is 28.9. The highest BCUT2D eigenvalue weighted by Gasteiger charge is 2.33. The third-order valence-electron chi connectivity index (χ3n) is 5.10. The van der Waals surface area contributed by atoms with Crippen molar-refractivity contribution in [2.75, 3.05) is 0 Å². The van der Waals surface area contributed by atoms with Crippen LogP contribution in [0.5, 0.6) is 0 Å². The minimum absolute atomic E-state index is 0.0427. The molecule has 5 nitrogen and oxygen atoms in total. The summed E-state index contributed by atoms with van der Waals surface area (Å²) in [7, 11) is 0. The normalized spacial score (nSPS) is 24.1. The minimum atomic E-state index is -0.802. The average molecular weight is 386 g/mol. The summed E-state index contributed by atoms with van der Waals surface area (Å²) in [6.45, 7) is 0. The summed E-state index contributed by atoms with van der Waals surface area (Å²) in [6.07, 6.45) is 9.35. The van der Waals surface area contributed by atoms with Crippen molar-refractivity contribution in [3.63, 3.8) is 0 Å². The molecule has 0 aromatic heterocycles. The van der Waals surface area contributed by atoms with Crippen LogP contribution in [0.25, 0.3) is 0 Å². The largest absolute Gasteiger partial charge is 0.481 e. The second-order valence-electron chi connectivity index (χ2n) is 7.47. The molecule has 3 N–H and O–H groups in total. The molecule has 0 saturated heterocycles. The number of unbranched alkanes of at least 4 members (excludes halogenated alkanes) is 1. The van der Waals surface area contributed by atoms with Gasteiger partial charge < -0.3 is 15.3 Å². The van der Waals surface area contributed by atoms with Crippen molar-refractivity contribution < 1.29 is 24.9 Å². The fourth-order valence-corrected chi connectivity index (χ4v) is 3.63. The number of carbonyl (C=O) groups is 2. The lowest BCUT2D eigenvalue weighted by atomic mass is 9.75. The van der Waals surface area contributed by atoms with E-state index in [1.54, 1.807) is 6.08 Å². The summed E-state index contributed by atoms with van der Waals surface area (Å²) >= 11 is 0. The van der Waals surface area contributed by atoms with Crippen LogP contribution in [0.2, 0.25) is 0 Å². The lowest BCUT2D eigenvalue weighted by Crippen LogP contribution is -2.34. The predicted molar refractivity (Wildman–Crippen MR) is 108 cm³/mol. The van der Waals surface area contributed by atoms with E-state index >= 15 is 0 Å². The number of allylic oxidation sites excluding steroid dienone is 3. The Balaban J connectivity index is 1.91. The van der Waals surface area contributed by atoms with Gasteiger partial charge in [0.2, 0.25) is 0 Å². The molecule has 0 amide bonds. The predicted octanol–water partition coefficient (Wildman–Crippen LogP) is 3.30. The van der Waals surface area contributed by atoms with Crippen LogP contribution in [-0.4, -0.2) is 39.3 Å². The molecule has 0 radical (unpaired) electrons. The quantitative estimate of drug-likeness (QED) is 0.424. The number of rotatable bonds is 10. The standard InChI is InChI=1S/C23H30O5/c24-19(14-17-8-4-3-5-9-17)13-12-18-15-20(25)16-22(26)21(18)10-6-1-2-7-11-23(27)28/h1,3-6,8-9,12-13,18-21,24-25H,2,7,10-11,14-16H2,(H,27,28)/b6-1-,13-12+/t18-,19?,20-,21+/m0/s1. The molecule has 1 aliphatic carbocycles. The first-order valence-electron chi connectivity index (χ1n) is 9.93. The minimum Gasteiger partial charge on any atom is -0.481 e. The Bertz CT molecular complexity index is 679. The van der Waals surface area contributed by atoms with E-state index in [9.17, 15) is 19.8 Å². The van der Waals surface area contributed by atoms with Crippen LogP contribution in [0, 0.1) is 11.8 Å². The SMILES string of the molecule is O=C(O)CCC/C=C\C[C@H]1C(=O)C[C@@H](O)C[C@@H]1/C=C/C(O)Cc1ccccc1. The van der Waals surface area contributed by atoms with Crippen molar-refractivity contribution in [3.8, 4) is 0 Å². The number of aliphatic hydroxyl groups is 2. The van der Waals surface area contributed by atoms with Crippen LogP contribution in [0.4, 0.5) is 0 Å². The van der Waals surface area contributed by atoms with Crippen LogP contribution < -0.4 is 0 Å². The Kier molecular flexibility index (Phi) is 9.11. The second-order valence-corrected chi connectivity index (χ2v) is 7.47. The maximum absolute atomic E-state index is 12.4. The maximum Gasteiger partial charge on any atom is 0.303 e. The van der Waals surface area contributed by atoms with Gasteiger partial charge in [0.25, 0.3) is 0 Å². The Morgan fingerprint density at radius 1 is 1.21 bits per heavy atom. The molecule has 0 bridgehead atoms. The van der Waals surface area contributed by atoms with Gasteiger partial charge >= 0.3 is 5.97 Å². The first kappa shape index (κ1) is 22.1. The second kappa shape index (κ2) is 11.6. The molecule has 1 aromatic rings. The molecule has 1 saturated carbocycles. The first-order valence-corrected chi connectivity index (χ1v) is 9.93. The van der Waals surface area contributed by atoms with Gasteiger partial charge in [-0.3, -0.25) is 9.59 Å². The molecule has 0 spiro atoms. The number of carboxylic acid groups (broad SMARTS) is 1. The highest BCUT2D eigenvalue weighted by Crippen LogP contribution is 2.32. The molecule has 1 aromatic carbocycles.